The zero-order chi connectivity index (χ0) is 9.56. The van der Waals surface area contributed by atoms with Gasteiger partial charge in [0.2, 0.25) is 0 Å². The van der Waals surface area contributed by atoms with Gasteiger partial charge in [0.05, 0.1) is 4.99 Å². The number of hydrogen-bond acceptors (Lipinski definition) is 2. The van der Waals surface area contributed by atoms with Crippen LogP contribution in [0.15, 0.2) is 0 Å². The molecule has 0 spiro atoms. The summed E-state index contributed by atoms with van der Waals surface area (Å²) in [5.74, 6) is 0.173. The second kappa shape index (κ2) is 6.31. The van der Waals surface area contributed by atoms with Crippen LogP contribution in [-0.4, -0.2) is 36.2 Å². The monoisotopic (exact) mass is 192 g/mol. The zero-order valence-electron chi connectivity index (χ0n) is 7.72. The summed E-state index contributed by atoms with van der Waals surface area (Å²) in [5, 5.41) is 0. The molecule has 4 heteroatoms. The Morgan fingerprint density at radius 2 is 2.25 bits per heavy atom. The van der Waals surface area contributed by atoms with Gasteiger partial charge in [-0.3, -0.25) is 0 Å². The van der Waals surface area contributed by atoms with Crippen molar-refractivity contribution in [3.8, 4) is 0 Å². The molecule has 2 N–H and O–H groups in total. The standard InChI is InChI=1S/C8H17FN2S/c1-3-11(5-4-9)6-7(2)8(10)12/h7H,3-6H2,1-2H3,(H2,10,12). The van der Waals surface area contributed by atoms with E-state index in [1.165, 1.54) is 0 Å². The second-order valence-electron chi connectivity index (χ2n) is 2.89. The lowest BCUT2D eigenvalue weighted by Gasteiger charge is -2.22. The van der Waals surface area contributed by atoms with Crippen LogP contribution in [0.5, 0.6) is 0 Å². The lowest BCUT2D eigenvalue weighted by molar-refractivity contribution is 0.247. The largest absolute Gasteiger partial charge is 0.393 e. The van der Waals surface area contributed by atoms with E-state index in [4.69, 9.17) is 18.0 Å². The van der Waals surface area contributed by atoms with Gasteiger partial charge < -0.3 is 10.6 Å². The van der Waals surface area contributed by atoms with Gasteiger partial charge in [0.25, 0.3) is 0 Å². The average Bonchev–Trinajstić information content (AvgIpc) is 2.03. The Bertz CT molecular complexity index is 141. The Balaban J connectivity index is 3.76. The van der Waals surface area contributed by atoms with Crippen LogP contribution in [0.2, 0.25) is 0 Å². The quantitative estimate of drug-likeness (QED) is 0.641. The van der Waals surface area contributed by atoms with Crippen molar-refractivity contribution in [2.45, 2.75) is 13.8 Å². The summed E-state index contributed by atoms with van der Waals surface area (Å²) in [5.41, 5.74) is 5.45. The molecule has 0 amide bonds. The average molecular weight is 192 g/mol. The molecule has 0 aliphatic rings. The smallest absolute Gasteiger partial charge is 0.102 e. The number of nitrogens with zero attached hydrogens (tertiary/aromatic N) is 1. The van der Waals surface area contributed by atoms with Gasteiger partial charge in [0.15, 0.2) is 0 Å². The van der Waals surface area contributed by atoms with Gasteiger partial charge >= 0.3 is 0 Å². The van der Waals surface area contributed by atoms with Crippen LogP contribution in [0.4, 0.5) is 4.39 Å². The zero-order valence-corrected chi connectivity index (χ0v) is 8.53. The molecule has 2 nitrogen and oxygen atoms in total. The van der Waals surface area contributed by atoms with Crippen molar-refractivity contribution < 1.29 is 4.39 Å². The third kappa shape index (κ3) is 4.62. The first kappa shape index (κ1) is 11.8. The Kier molecular flexibility index (Phi) is 6.20. The molecule has 0 bridgehead atoms. The van der Waals surface area contributed by atoms with Crippen LogP contribution in [0.1, 0.15) is 13.8 Å². The van der Waals surface area contributed by atoms with Crippen molar-refractivity contribution in [2.75, 3.05) is 26.3 Å². The minimum Gasteiger partial charge on any atom is -0.393 e. The number of nitrogens with two attached hydrogens (primary N) is 1. The van der Waals surface area contributed by atoms with Crippen LogP contribution in [-0.2, 0) is 0 Å². The molecule has 0 heterocycles. The molecule has 0 fully saturated rings. The van der Waals surface area contributed by atoms with E-state index in [2.05, 4.69) is 0 Å². The maximum absolute atomic E-state index is 12.0. The summed E-state index contributed by atoms with van der Waals surface area (Å²) in [6.45, 7) is 5.74. The van der Waals surface area contributed by atoms with Crippen molar-refractivity contribution in [2.24, 2.45) is 11.7 Å². The van der Waals surface area contributed by atoms with Crippen LogP contribution < -0.4 is 5.73 Å². The Morgan fingerprint density at radius 3 is 2.58 bits per heavy atom. The second-order valence-corrected chi connectivity index (χ2v) is 3.36. The summed E-state index contributed by atoms with van der Waals surface area (Å²) in [6.07, 6.45) is 0. The normalized spacial score (nSPS) is 13.3. The maximum Gasteiger partial charge on any atom is 0.102 e. The number of rotatable bonds is 6. The molecular formula is C8H17FN2S. The highest BCUT2D eigenvalue weighted by Gasteiger charge is 2.09. The highest BCUT2D eigenvalue weighted by molar-refractivity contribution is 7.80. The van der Waals surface area contributed by atoms with Crippen molar-refractivity contribution in [1.29, 1.82) is 0 Å². The predicted molar refractivity (Wildman–Crippen MR) is 54.0 cm³/mol. The van der Waals surface area contributed by atoms with Gasteiger partial charge in [0, 0.05) is 19.0 Å². The van der Waals surface area contributed by atoms with Crippen LogP contribution in [0, 0.1) is 5.92 Å². The van der Waals surface area contributed by atoms with E-state index in [0.29, 0.717) is 11.5 Å². The maximum atomic E-state index is 12.0. The van der Waals surface area contributed by atoms with Gasteiger partial charge in [0.1, 0.15) is 6.67 Å². The molecule has 0 aliphatic heterocycles. The van der Waals surface area contributed by atoms with Crippen LogP contribution >= 0.6 is 12.2 Å². The van der Waals surface area contributed by atoms with E-state index in [0.717, 1.165) is 13.1 Å². The molecule has 0 aromatic rings. The minimum atomic E-state index is -0.308. The fraction of sp³-hybridized carbons (Fsp3) is 0.875. The van der Waals surface area contributed by atoms with Crippen molar-refractivity contribution >= 4 is 17.2 Å². The van der Waals surface area contributed by atoms with Gasteiger partial charge in [-0.15, -0.1) is 0 Å². The molecular weight excluding hydrogens is 175 g/mol. The lowest BCUT2D eigenvalue weighted by atomic mass is 10.1. The van der Waals surface area contributed by atoms with Crippen LogP contribution in [0.3, 0.4) is 0 Å². The molecule has 72 valence electrons. The number of hydrogen-bond donors (Lipinski definition) is 1. The molecule has 0 aromatic heterocycles. The number of thiocarbonyl (C=S) groups is 1. The van der Waals surface area contributed by atoms with E-state index < -0.39 is 0 Å². The Labute approximate surface area is 78.9 Å². The van der Waals surface area contributed by atoms with Crippen molar-refractivity contribution in [3.63, 3.8) is 0 Å². The van der Waals surface area contributed by atoms with Gasteiger partial charge in [-0.25, -0.2) is 4.39 Å². The van der Waals surface area contributed by atoms with Gasteiger partial charge in [-0.2, -0.15) is 0 Å². The van der Waals surface area contributed by atoms with E-state index in [9.17, 15) is 4.39 Å². The first-order valence-electron chi connectivity index (χ1n) is 4.19. The SMILES string of the molecule is CCN(CCF)CC(C)C(N)=S. The summed E-state index contributed by atoms with van der Waals surface area (Å²) >= 11 is 4.83. The first-order valence-corrected chi connectivity index (χ1v) is 4.60. The minimum absolute atomic E-state index is 0.173. The highest BCUT2D eigenvalue weighted by Crippen LogP contribution is 1.99. The third-order valence-electron chi connectivity index (χ3n) is 1.87. The van der Waals surface area contributed by atoms with Gasteiger partial charge in [-0.1, -0.05) is 26.1 Å². The van der Waals surface area contributed by atoms with Crippen molar-refractivity contribution in [3.05, 3.63) is 0 Å². The molecule has 0 radical (unpaired) electrons. The Morgan fingerprint density at radius 1 is 1.67 bits per heavy atom. The van der Waals surface area contributed by atoms with E-state index >= 15 is 0 Å². The summed E-state index contributed by atoms with van der Waals surface area (Å²) in [4.78, 5) is 2.51. The van der Waals surface area contributed by atoms with Gasteiger partial charge in [-0.05, 0) is 6.54 Å². The first-order chi connectivity index (χ1) is 5.61. The molecule has 0 aliphatic carbocycles. The van der Waals surface area contributed by atoms with E-state index in [-0.39, 0.29) is 12.6 Å². The highest BCUT2D eigenvalue weighted by atomic mass is 32.1. The number of halogens is 1. The van der Waals surface area contributed by atoms with Crippen molar-refractivity contribution in [1.82, 2.24) is 4.90 Å². The van der Waals surface area contributed by atoms with E-state index in [1.54, 1.807) is 0 Å². The Hall–Kier alpha value is -0.220. The summed E-state index contributed by atoms with van der Waals surface area (Å²) in [7, 11) is 0. The summed E-state index contributed by atoms with van der Waals surface area (Å²) in [6, 6.07) is 0. The summed E-state index contributed by atoms with van der Waals surface area (Å²) < 4.78 is 12.0. The van der Waals surface area contributed by atoms with Crippen LogP contribution in [0.25, 0.3) is 0 Å². The molecule has 1 unspecified atom stereocenters. The molecule has 12 heavy (non-hydrogen) atoms. The fourth-order valence-corrected chi connectivity index (χ4v) is 1.05. The fourth-order valence-electron chi connectivity index (χ4n) is 0.975. The lowest BCUT2D eigenvalue weighted by Crippen LogP contribution is -2.35. The predicted octanol–water partition coefficient (Wildman–Crippen LogP) is 1.20. The number of alkyl halides is 1. The third-order valence-corrected chi connectivity index (χ3v) is 2.27. The topological polar surface area (TPSA) is 29.3 Å². The molecule has 0 aromatic carbocycles. The molecule has 0 rings (SSSR count). The molecule has 1 atom stereocenters. The molecule has 0 saturated carbocycles. The molecule has 0 saturated heterocycles. The van der Waals surface area contributed by atoms with E-state index in [1.807, 2.05) is 18.7 Å².